The summed E-state index contributed by atoms with van der Waals surface area (Å²) in [6.07, 6.45) is 1.37. The number of ketones is 1. The summed E-state index contributed by atoms with van der Waals surface area (Å²) in [5.74, 6) is -1.09. The fraction of sp³-hybridized carbons (Fsp3) is 0.0417. The molecule has 1 aliphatic carbocycles. The zero-order valence-electron chi connectivity index (χ0n) is 14.1. The third kappa shape index (κ3) is 2.91. The summed E-state index contributed by atoms with van der Waals surface area (Å²) in [6.45, 7) is 0. The summed E-state index contributed by atoms with van der Waals surface area (Å²) < 4.78 is 15.2. The standard InChI is InChI=1S/C24H17FO/c25-21-16-20(17-10-4-1-5-11-17)24(26)23(19-14-8-3-9-15-19)22(21)18-12-6-2-7-13-18/h1-16,23H. The highest BCUT2D eigenvalue weighted by Gasteiger charge is 2.34. The van der Waals surface area contributed by atoms with Gasteiger partial charge in [0.2, 0.25) is 0 Å². The van der Waals surface area contributed by atoms with E-state index in [1.54, 1.807) is 0 Å². The molecule has 1 aliphatic rings. The highest BCUT2D eigenvalue weighted by atomic mass is 19.1. The van der Waals surface area contributed by atoms with Crippen molar-refractivity contribution in [2.24, 2.45) is 0 Å². The van der Waals surface area contributed by atoms with Crippen molar-refractivity contribution in [2.75, 3.05) is 0 Å². The predicted octanol–water partition coefficient (Wildman–Crippen LogP) is 5.82. The Balaban J connectivity index is 1.93. The molecule has 1 atom stereocenters. The van der Waals surface area contributed by atoms with Crippen molar-refractivity contribution >= 4 is 16.9 Å². The topological polar surface area (TPSA) is 17.1 Å². The lowest BCUT2D eigenvalue weighted by atomic mass is 9.76. The fourth-order valence-electron chi connectivity index (χ4n) is 3.43. The number of allylic oxidation sites excluding steroid dienone is 4. The Bertz CT molecular complexity index is 986. The lowest BCUT2D eigenvalue weighted by Crippen LogP contribution is -2.20. The number of benzene rings is 3. The van der Waals surface area contributed by atoms with Crippen LogP contribution in [0.1, 0.15) is 22.6 Å². The maximum Gasteiger partial charge on any atom is 0.175 e. The van der Waals surface area contributed by atoms with Gasteiger partial charge in [-0.3, -0.25) is 4.79 Å². The Morgan fingerprint density at radius 3 is 1.73 bits per heavy atom. The molecule has 0 spiro atoms. The minimum atomic E-state index is -0.654. The Hall–Kier alpha value is -3.26. The number of hydrogen-bond donors (Lipinski definition) is 0. The quantitative estimate of drug-likeness (QED) is 0.587. The fourth-order valence-corrected chi connectivity index (χ4v) is 3.43. The van der Waals surface area contributed by atoms with Crippen LogP contribution in [0.3, 0.4) is 0 Å². The van der Waals surface area contributed by atoms with E-state index in [1.165, 1.54) is 6.08 Å². The summed E-state index contributed by atoms with van der Waals surface area (Å²) >= 11 is 0. The molecule has 0 saturated heterocycles. The van der Waals surface area contributed by atoms with Gasteiger partial charge in [0, 0.05) is 11.1 Å². The van der Waals surface area contributed by atoms with Gasteiger partial charge in [0.25, 0.3) is 0 Å². The molecule has 0 bridgehead atoms. The molecule has 3 aromatic rings. The molecule has 0 amide bonds. The molecule has 1 nitrogen and oxygen atoms in total. The van der Waals surface area contributed by atoms with Gasteiger partial charge in [-0.1, -0.05) is 91.0 Å². The molecule has 26 heavy (non-hydrogen) atoms. The van der Waals surface area contributed by atoms with Gasteiger partial charge in [-0.2, -0.15) is 0 Å². The molecule has 0 N–H and O–H groups in total. The molecule has 0 heterocycles. The van der Waals surface area contributed by atoms with Crippen molar-refractivity contribution in [3.63, 3.8) is 0 Å². The first-order valence-electron chi connectivity index (χ1n) is 8.57. The Morgan fingerprint density at radius 1 is 0.654 bits per heavy atom. The van der Waals surface area contributed by atoms with Gasteiger partial charge < -0.3 is 0 Å². The summed E-state index contributed by atoms with van der Waals surface area (Å²) in [5, 5.41) is 0. The van der Waals surface area contributed by atoms with Crippen molar-refractivity contribution < 1.29 is 9.18 Å². The number of Topliss-reactive ketones (excluding diaryl/α,β-unsaturated/α-hetero) is 1. The van der Waals surface area contributed by atoms with Crippen LogP contribution in [0.15, 0.2) is 103 Å². The molecule has 1 unspecified atom stereocenters. The molecule has 3 aromatic carbocycles. The summed E-state index contributed by atoms with van der Waals surface area (Å²) in [6, 6.07) is 28.0. The van der Waals surface area contributed by atoms with Gasteiger partial charge in [0.1, 0.15) is 5.83 Å². The summed E-state index contributed by atoms with van der Waals surface area (Å²) in [5.41, 5.74) is 3.11. The molecule has 0 aromatic heterocycles. The van der Waals surface area contributed by atoms with Crippen LogP contribution >= 0.6 is 0 Å². The van der Waals surface area contributed by atoms with Crippen molar-refractivity contribution in [1.82, 2.24) is 0 Å². The average molecular weight is 340 g/mol. The van der Waals surface area contributed by atoms with Crippen LogP contribution in [0.4, 0.5) is 4.39 Å². The van der Waals surface area contributed by atoms with Crippen molar-refractivity contribution in [2.45, 2.75) is 5.92 Å². The van der Waals surface area contributed by atoms with Gasteiger partial charge in [0.05, 0.1) is 5.92 Å². The van der Waals surface area contributed by atoms with Crippen LogP contribution in [0.25, 0.3) is 11.1 Å². The van der Waals surface area contributed by atoms with Crippen molar-refractivity contribution in [3.8, 4) is 0 Å². The second-order valence-electron chi connectivity index (χ2n) is 6.26. The molecular weight excluding hydrogens is 323 g/mol. The van der Waals surface area contributed by atoms with Gasteiger partial charge in [-0.05, 0) is 22.8 Å². The van der Waals surface area contributed by atoms with Gasteiger partial charge >= 0.3 is 0 Å². The molecule has 2 heteroatoms. The third-order valence-electron chi connectivity index (χ3n) is 4.65. The summed E-state index contributed by atoms with van der Waals surface area (Å²) in [4.78, 5) is 13.4. The Morgan fingerprint density at radius 2 is 1.15 bits per heavy atom. The highest BCUT2D eigenvalue weighted by molar-refractivity contribution is 6.29. The van der Waals surface area contributed by atoms with E-state index in [4.69, 9.17) is 0 Å². The van der Waals surface area contributed by atoms with Crippen LogP contribution in [0.2, 0.25) is 0 Å². The maximum absolute atomic E-state index is 15.2. The first kappa shape index (κ1) is 16.2. The van der Waals surface area contributed by atoms with E-state index < -0.39 is 5.92 Å². The van der Waals surface area contributed by atoms with E-state index in [0.29, 0.717) is 11.1 Å². The van der Waals surface area contributed by atoms with Crippen LogP contribution in [-0.2, 0) is 4.79 Å². The zero-order valence-corrected chi connectivity index (χ0v) is 14.1. The van der Waals surface area contributed by atoms with Gasteiger partial charge in [0.15, 0.2) is 5.78 Å². The van der Waals surface area contributed by atoms with E-state index in [2.05, 4.69) is 0 Å². The lowest BCUT2D eigenvalue weighted by Gasteiger charge is -2.26. The number of carbonyl (C=O) groups excluding carboxylic acids is 1. The predicted molar refractivity (Wildman–Crippen MR) is 103 cm³/mol. The number of rotatable bonds is 3. The minimum Gasteiger partial charge on any atom is -0.293 e. The van der Waals surface area contributed by atoms with E-state index in [0.717, 1.165) is 16.7 Å². The monoisotopic (exact) mass is 340 g/mol. The summed E-state index contributed by atoms with van der Waals surface area (Å²) in [7, 11) is 0. The molecule has 4 rings (SSSR count). The minimum absolute atomic E-state index is 0.0809. The maximum atomic E-state index is 15.2. The molecule has 0 saturated carbocycles. The molecule has 0 radical (unpaired) electrons. The molecule has 0 fully saturated rings. The van der Waals surface area contributed by atoms with Crippen LogP contribution in [-0.4, -0.2) is 5.78 Å². The SMILES string of the molecule is O=C1C(c2ccccc2)=CC(F)=C(c2ccccc2)C1c1ccccc1. The number of hydrogen-bond acceptors (Lipinski definition) is 1. The van der Waals surface area contributed by atoms with E-state index >= 15 is 4.39 Å². The highest BCUT2D eigenvalue weighted by Crippen LogP contribution is 2.43. The molecular formula is C24H17FO. The number of carbonyl (C=O) groups is 1. The lowest BCUT2D eigenvalue weighted by molar-refractivity contribution is -0.114. The van der Waals surface area contributed by atoms with Crippen molar-refractivity contribution in [1.29, 1.82) is 0 Å². The third-order valence-corrected chi connectivity index (χ3v) is 4.65. The van der Waals surface area contributed by atoms with Gasteiger partial charge in [-0.15, -0.1) is 0 Å². The smallest absolute Gasteiger partial charge is 0.175 e. The largest absolute Gasteiger partial charge is 0.293 e. The van der Waals surface area contributed by atoms with Crippen LogP contribution in [0, 0.1) is 0 Å². The van der Waals surface area contributed by atoms with Gasteiger partial charge in [-0.25, -0.2) is 4.39 Å². The second kappa shape index (κ2) is 6.93. The molecule has 126 valence electrons. The first-order valence-corrected chi connectivity index (χ1v) is 8.57. The van der Waals surface area contributed by atoms with E-state index in [9.17, 15) is 4.79 Å². The Kier molecular flexibility index (Phi) is 4.32. The normalized spacial score (nSPS) is 17.2. The van der Waals surface area contributed by atoms with E-state index in [1.807, 2.05) is 91.0 Å². The first-order chi connectivity index (χ1) is 12.8. The van der Waals surface area contributed by atoms with Crippen molar-refractivity contribution in [3.05, 3.63) is 120 Å². The molecule has 0 aliphatic heterocycles. The van der Waals surface area contributed by atoms with Crippen LogP contribution in [0.5, 0.6) is 0 Å². The second-order valence-corrected chi connectivity index (χ2v) is 6.26. The average Bonchev–Trinajstić information content (AvgIpc) is 2.71. The van der Waals surface area contributed by atoms with E-state index in [-0.39, 0.29) is 11.6 Å². The number of halogens is 1. The van der Waals surface area contributed by atoms with Crippen LogP contribution < -0.4 is 0 Å². The Labute approximate surface area is 152 Å². The zero-order chi connectivity index (χ0) is 17.9.